The van der Waals surface area contributed by atoms with E-state index >= 15 is 0 Å². The summed E-state index contributed by atoms with van der Waals surface area (Å²) in [6.45, 7) is 3.67. The Kier molecular flexibility index (Phi) is 5.11. The average molecular weight is 337 g/mol. The molecule has 0 fully saturated rings. The topological polar surface area (TPSA) is 50.4 Å². The summed E-state index contributed by atoms with van der Waals surface area (Å²) >= 11 is 6.02. The third-order valence-corrected chi connectivity index (χ3v) is 3.70. The molecule has 0 aliphatic heterocycles. The Morgan fingerprint density at radius 3 is 2.39 bits per heavy atom. The molecule has 0 saturated carbocycles. The summed E-state index contributed by atoms with van der Waals surface area (Å²) in [6.07, 6.45) is 0. The van der Waals surface area contributed by atoms with Crippen LogP contribution in [0.5, 0.6) is 5.75 Å². The number of carbonyl (C=O) groups excluding carboxylic acids is 1. The molecule has 0 aromatic heterocycles. The minimum atomic E-state index is -0.659. The van der Waals surface area contributed by atoms with Gasteiger partial charge in [-0.1, -0.05) is 23.7 Å². The van der Waals surface area contributed by atoms with Gasteiger partial charge >= 0.3 is 6.03 Å². The van der Waals surface area contributed by atoms with Crippen LogP contribution in [0.15, 0.2) is 42.5 Å². The zero-order chi connectivity index (χ0) is 17.0. The summed E-state index contributed by atoms with van der Waals surface area (Å²) in [7, 11) is 1.52. The van der Waals surface area contributed by atoms with Crippen LogP contribution in [0.25, 0.3) is 0 Å². The predicted octanol–water partition coefficient (Wildman–Crippen LogP) is 4.54. The Hall–Kier alpha value is -2.27. The molecule has 2 aromatic rings. The van der Waals surface area contributed by atoms with E-state index < -0.39 is 5.54 Å². The Balaban J connectivity index is 2.06. The van der Waals surface area contributed by atoms with Crippen molar-refractivity contribution in [2.24, 2.45) is 0 Å². The van der Waals surface area contributed by atoms with Crippen molar-refractivity contribution in [1.29, 1.82) is 0 Å². The lowest BCUT2D eigenvalue weighted by Gasteiger charge is -2.27. The maximum absolute atomic E-state index is 13.0. The van der Waals surface area contributed by atoms with Crippen molar-refractivity contribution >= 4 is 23.3 Å². The molecule has 0 radical (unpaired) electrons. The van der Waals surface area contributed by atoms with E-state index in [9.17, 15) is 9.18 Å². The number of anilines is 1. The van der Waals surface area contributed by atoms with Crippen LogP contribution >= 0.6 is 11.6 Å². The van der Waals surface area contributed by atoms with Crippen LogP contribution in [0.1, 0.15) is 19.4 Å². The second kappa shape index (κ2) is 6.87. The summed E-state index contributed by atoms with van der Waals surface area (Å²) in [4.78, 5) is 12.2. The van der Waals surface area contributed by atoms with E-state index in [4.69, 9.17) is 16.3 Å². The summed E-state index contributed by atoms with van der Waals surface area (Å²) in [5.74, 6) is 0.214. The fourth-order valence-corrected chi connectivity index (χ4v) is 2.39. The zero-order valence-corrected chi connectivity index (χ0v) is 13.9. The van der Waals surface area contributed by atoms with E-state index in [-0.39, 0.29) is 11.8 Å². The number of hydrogen-bond donors (Lipinski definition) is 2. The molecule has 4 nitrogen and oxygen atoms in total. The number of ether oxygens (including phenoxy) is 1. The van der Waals surface area contributed by atoms with Crippen LogP contribution in [0.3, 0.4) is 0 Å². The number of hydrogen-bond acceptors (Lipinski definition) is 2. The van der Waals surface area contributed by atoms with Gasteiger partial charge in [-0.2, -0.15) is 0 Å². The maximum atomic E-state index is 13.0. The van der Waals surface area contributed by atoms with Crippen LogP contribution in [-0.4, -0.2) is 13.1 Å². The number of rotatable bonds is 4. The van der Waals surface area contributed by atoms with Crippen molar-refractivity contribution in [1.82, 2.24) is 5.32 Å². The van der Waals surface area contributed by atoms with E-state index in [0.717, 1.165) is 5.56 Å². The van der Waals surface area contributed by atoms with Crippen LogP contribution in [-0.2, 0) is 5.54 Å². The largest absolute Gasteiger partial charge is 0.495 e. The number of urea groups is 1. The van der Waals surface area contributed by atoms with Gasteiger partial charge in [-0.3, -0.25) is 0 Å². The van der Waals surface area contributed by atoms with E-state index in [1.54, 1.807) is 30.3 Å². The van der Waals surface area contributed by atoms with Crippen molar-refractivity contribution in [2.75, 3.05) is 12.4 Å². The molecule has 6 heteroatoms. The van der Waals surface area contributed by atoms with Crippen molar-refractivity contribution in [3.63, 3.8) is 0 Å². The molecule has 23 heavy (non-hydrogen) atoms. The van der Waals surface area contributed by atoms with Gasteiger partial charge in [0, 0.05) is 5.69 Å². The number of methoxy groups -OCH3 is 1. The summed E-state index contributed by atoms with van der Waals surface area (Å²) in [6, 6.07) is 10.6. The minimum Gasteiger partial charge on any atom is -0.495 e. The molecular formula is C17H18ClFN2O2. The number of nitrogens with one attached hydrogen (secondary N) is 2. The summed E-state index contributed by atoms with van der Waals surface area (Å²) in [5.41, 5.74) is 0.679. The van der Waals surface area contributed by atoms with Gasteiger partial charge in [-0.05, 0) is 49.7 Å². The summed E-state index contributed by atoms with van der Waals surface area (Å²) in [5, 5.41) is 5.95. The monoisotopic (exact) mass is 336 g/mol. The fourth-order valence-electron chi connectivity index (χ4n) is 2.13. The third kappa shape index (κ3) is 4.36. The van der Waals surface area contributed by atoms with Crippen LogP contribution in [0.4, 0.5) is 14.9 Å². The number of amides is 2. The number of carbonyl (C=O) groups is 1. The normalized spacial score (nSPS) is 11.0. The third-order valence-electron chi connectivity index (χ3n) is 3.40. The van der Waals surface area contributed by atoms with Crippen LogP contribution < -0.4 is 15.4 Å². The number of halogens is 2. The Morgan fingerprint density at radius 1 is 1.17 bits per heavy atom. The molecule has 2 aromatic carbocycles. The quantitative estimate of drug-likeness (QED) is 0.860. The first-order valence-corrected chi connectivity index (χ1v) is 7.38. The van der Waals surface area contributed by atoms with Gasteiger partial charge in [0.05, 0.1) is 17.7 Å². The maximum Gasteiger partial charge on any atom is 0.319 e. The SMILES string of the molecule is COc1ccc(NC(=O)NC(C)(C)c2ccc(F)cc2)cc1Cl. The molecular weight excluding hydrogens is 319 g/mol. The van der Waals surface area contributed by atoms with E-state index in [1.165, 1.54) is 19.2 Å². The highest BCUT2D eigenvalue weighted by atomic mass is 35.5. The van der Waals surface area contributed by atoms with Crippen molar-refractivity contribution in [3.05, 3.63) is 58.9 Å². The molecule has 0 spiro atoms. The van der Waals surface area contributed by atoms with Crippen molar-refractivity contribution in [2.45, 2.75) is 19.4 Å². The first kappa shape index (κ1) is 17.1. The molecule has 2 rings (SSSR count). The van der Waals surface area contributed by atoms with Gasteiger partial charge in [0.2, 0.25) is 0 Å². The van der Waals surface area contributed by atoms with Gasteiger partial charge in [-0.15, -0.1) is 0 Å². The molecule has 0 saturated heterocycles. The first-order valence-electron chi connectivity index (χ1n) is 7.00. The molecule has 0 aliphatic carbocycles. The second-order valence-electron chi connectivity index (χ2n) is 5.56. The highest BCUT2D eigenvalue weighted by Gasteiger charge is 2.23. The lowest BCUT2D eigenvalue weighted by Crippen LogP contribution is -2.43. The lowest BCUT2D eigenvalue weighted by molar-refractivity contribution is 0.242. The van der Waals surface area contributed by atoms with Crippen LogP contribution in [0, 0.1) is 5.82 Å². The van der Waals surface area contributed by atoms with Gasteiger partial charge in [0.15, 0.2) is 0 Å². The highest BCUT2D eigenvalue weighted by Crippen LogP contribution is 2.27. The minimum absolute atomic E-state index is 0.318. The van der Waals surface area contributed by atoms with Gasteiger partial charge in [0.1, 0.15) is 11.6 Å². The highest BCUT2D eigenvalue weighted by molar-refractivity contribution is 6.32. The van der Waals surface area contributed by atoms with E-state index in [1.807, 2.05) is 13.8 Å². The number of benzene rings is 2. The van der Waals surface area contributed by atoms with E-state index in [0.29, 0.717) is 16.5 Å². The Bertz CT molecular complexity index is 702. The molecule has 122 valence electrons. The molecule has 0 unspecified atom stereocenters. The predicted molar refractivity (Wildman–Crippen MR) is 89.6 cm³/mol. The van der Waals surface area contributed by atoms with Gasteiger partial charge < -0.3 is 15.4 Å². The average Bonchev–Trinajstić information content (AvgIpc) is 2.47. The fraction of sp³-hybridized carbons (Fsp3) is 0.235. The Morgan fingerprint density at radius 2 is 1.83 bits per heavy atom. The molecule has 2 amide bonds. The molecule has 0 atom stereocenters. The zero-order valence-electron chi connectivity index (χ0n) is 13.1. The molecule has 0 heterocycles. The molecule has 0 bridgehead atoms. The molecule has 0 aliphatic rings. The first-order chi connectivity index (χ1) is 10.8. The van der Waals surface area contributed by atoms with Crippen molar-refractivity contribution in [3.8, 4) is 5.75 Å². The van der Waals surface area contributed by atoms with Gasteiger partial charge in [0.25, 0.3) is 0 Å². The standard InChI is InChI=1S/C17H18ClFN2O2/c1-17(2,11-4-6-12(19)7-5-11)21-16(22)20-13-8-9-15(23-3)14(18)10-13/h4-10H,1-3H3,(H2,20,21,22). The lowest BCUT2D eigenvalue weighted by atomic mass is 9.94. The molecule has 2 N–H and O–H groups in total. The summed E-state index contributed by atoms with van der Waals surface area (Å²) < 4.78 is 18.1. The second-order valence-corrected chi connectivity index (χ2v) is 5.97. The Labute approximate surface area is 139 Å². The van der Waals surface area contributed by atoms with Gasteiger partial charge in [-0.25, -0.2) is 9.18 Å². The smallest absolute Gasteiger partial charge is 0.319 e. The van der Waals surface area contributed by atoms with E-state index in [2.05, 4.69) is 10.6 Å². The van der Waals surface area contributed by atoms with Crippen LogP contribution in [0.2, 0.25) is 5.02 Å². The van der Waals surface area contributed by atoms with Crippen molar-refractivity contribution < 1.29 is 13.9 Å².